The first-order chi connectivity index (χ1) is 17.9. The van der Waals surface area contributed by atoms with Gasteiger partial charge in [0.25, 0.3) is 0 Å². The van der Waals surface area contributed by atoms with Crippen molar-refractivity contribution in [1.82, 2.24) is 5.16 Å². The van der Waals surface area contributed by atoms with Crippen LogP contribution in [-0.4, -0.2) is 24.2 Å². The number of methoxy groups -OCH3 is 1. The normalized spacial score (nSPS) is 11.6. The molecule has 37 heavy (non-hydrogen) atoms. The summed E-state index contributed by atoms with van der Waals surface area (Å²) in [6, 6.07) is 21.6. The van der Waals surface area contributed by atoms with Crippen molar-refractivity contribution in [1.29, 1.82) is 0 Å². The zero-order valence-corrected chi connectivity index (χ0v) is 21.5. The van der Waals surface area contributed by atoms with Crippen molar-refractivity contribution in [3.05, 3.63) is 106 Å². The van der Waals surface area contributed by atoms with E-state index in [1.807, 2.05) is 42.5 Å². The van der Waals surface area contributed by atoms with E-state index < -0.39 is 18.0 Å². The van der Waals surface area contributed by atoms with Crippen LogP contribution < -0.4 is 4.74 Å². The van der Waals surface area contributed by atoms with Gasteiger partial charge in [-0.1, -0.05) is 65.3 Å². The third-order valence-electron chi connectivity index (χ3n) is 5.83. The van der Waals surface area contributed by atoms with E-state index >= 15 is 0 Å². The molecule has 0 fully saturated rings. The molecule has 190 valence electrons. The highest BCUT2D eigenvalue weighted by Gasteiger charge is 2.21. The van der Waals surface area contributed by atoms with Crippen molar-refractivity contribution in [3.63, 3.8) is 0 Å². The molecule has 8 heteroatoms. The predicted octanol–water partition coefficient (Wildman–Crippen LogP) is 6.52. The molecular formula is C29H26ClNO6. The zero-order chi connectivity index (χ0) is 26.4. The summed E-state index contributed by atoms with van der Waals surface area (Å²) in [6.45, 7) is 3.88. The molecule has 7 nitrogen and oxygen atoms in total. The fraction of sp³-hybridized carbons (Fsp3) is 0.207. The summed E-state index contributed by atoms with van der Waals surface area (Å²) in [7, 11) is 1.34. The Hall–Kier alpha value is -4.10. The van der Waals surface area contributed by atoms with Crippen molar-refractivity contribution in [2.75, 3.05) is 7.11 Å². The number of hydrogen-bond acceptors (Lipinski definition) is 7. The first-order valence-electron chi connectivity index (χ1n) is 11.6. The molecule has 0 spiro atoms. The summed E-state index contributed by atoms with van der Waals surface area (Å²) in [5, 5.41) is 4.61. The second-order valence-electron chi connectivity index (χ2n) is 8.41. The van der Waals surface area contributed by atoms with E-state index in [9.17, 15) is 9.59 Å². The van der Waals surface area contributed by atoms with Crippen LogP contribution in [0.25, 0.3) is 11.3 Å². The lowest BCUT2D eigenvalue weighted by Crippen LogP contribution is -2.12. The second kappa shape index (κ2) is 11.8. The van der Waals surface area contributed by atoms with E-state index in [0.717, 1.165) is 16.7 Å². The minimum atomic E-state index is -0.489. The number of esters is 2. The molecule has 0 radical (unpaired) electrons. The molecule has 1 heterocycles. The molecule has 0 amide bonds. The van der Waals surface area contributed by atoms with Crippen LogP contribution in [0.4, 0.5) is 0 Å². The molecular weight excluding hydrogens is 494 g/mol. The molecule has 1 unspecified atom stereocenters. The van der Waals surface area contributed by atoms with Gasteiger partial charge in [-0.2, -0.15) is 0 Å². The van der Waals surface area contributed by atoms with Gasteiger partial charge in [-0.3, -0.25) is 4.79 Å². The molecule has 0 saturated carbocycles. The van der Waals surface area contributed by atoms with Crippen molar-refractivity contribution in [2.45, 2.75) is 33.0 Å². The second-order valence-corrected chi connectivity index (χ2v) is 8.82. The number of carbonyl (C=O) groups is 2. The van der Waals surface area contributed by atoms with Crippen LogP contribution in [-0.2, 0) is 27.3 Å². The van der Waals surface area contributed by atoms with E-state index in [-0.39, 0.29) is 6.42 Å². The van der Waals surface area contributed by atoms with Crippen molar-refractivity contribution < 1.29 is 28.3 Å². The van der Waals surface area contributed by atoms with Gasteiger partial charge in [-0.25, -0.2) is 4.79 Å². The Morgan fingerprint density at radius 1 is 1.03 bits per heavy atom. The van der Waals surface area contributed by atoms with Crippen LogP contribution >= 0.6 is 11.6 Å². The number of hydrogen-bond donors (Lipinski definition) is 0. The highest BCUT2D eigenvalue weighted by molar-refractivity contribution is 6.31. The predicted molar refractivity (Wildman–Crippen MR) is 138 cm³/mol. The van der Waals surface area contributed by atoms with Gasteiger partial charge in [0.2, 0.25) is 0 Å². The molecule has 3 aromatic carbocycles. The molecule has 4 aromatic rings. The van der Waals surface area contributed by atoms with Gasteiger partial charge >= 0.3 is 11.9 Å². The van der Waals surface area contributed by atoms with E-state index in [1.165, 1.54) is 7.11 Å². The van der Waals surface area contributed by atoms with Gasteiger partial charge in [0.1, 0.15) is 18.5 Å². The topological polar surface area (TPSA) is 87.9 Å². The number of carbonyl (C=O) groups excluding carboxylic acids is 2. The molecule has 1 atom stereocenters. The van der Waals surface area contributed by atoms with E-state index in [1.54, 1.807) is 44.2 Å². The average Bonchev–Trinajstić information content (AvgIpc) is 3.27. The SMILES string of the molecule is COC(=O)c1cccc(OCc2ccc(-c3onc(C)c3CC(=O)OC(C)c3ccccc3Cl)cc2)c1. The summed E-state index contributed by atoms with van der Waals surface area (Å²) in [5.74, 6) is 0.247. The van der Waals surface area contributed by atoms with Crippen LogP contribution in [0.15, 0.2) is 77.3 Å². The molecule has 1 aromatic heterocycles. The first kappa shape index (κ1) is 26.0. The largest absolute Gasteiger partial charge is 0.489 e. The summed E-state index contributed by atoms with van der Waals surface area (Å²) < 4.78 is 21.7. The molecule has 4 rings (SSSR count). The van der Waals surface area contributed by atoms with Crippen LogP contribution in [0.3, 0.4) is 0 Å². The molecule has 0 bridgehead atoms. The summed E-state index contributed by atoms with van der Waals surface area (Å²) >= 11 is 6.23. The smallest absolute Gasteiger partial charge is 0.337 e. The summed E-state index contributed by atoms with van der Waals surface area (Å²) in [6.07, 6.45) is -0.474. The van der Waals surface area contributed by atoms with E-state index in [0.29, 0.717) is 40.0 Å². The van der Waals surface area contributed by atoms with E-state index in [4.69, 9.17) is 30.3 Å². The Morgan fingerprint density at radius 3 is 2.51 bits per heavy atom. The number of halogens is 1. The molecule has 0 aliphatic rings. The Bertz CT molecular complexity index is 1400. The molecule has 0 aliphatic heterocycles. The standard InChI is InChI=1S/C29H26ClNO6/c1-18-25(16-27(32)36-19(2)24-9-4-5-10-26(24)30)28(37-31-18)21-13-11-20(12-14-21)17-35-23-8-6-7-22(15-23)29(33)34-3/h4-15,19H,16-17H2,1-3H3. The first-order valence-corrected chi connectivity index (χ1v) is 12.0. The maximum atomic E-state index is 12.7. The lowest BCUT2D eigenvalue weighted by molar-refractivity contribution is -0.147. The zero-order valence-electron chi connectivity index (χ0n) is 20.7. The minimum Gasteiger partial charge on any atom is -0.489 e. The van der Waals surface area contributed by atoms with Gasteiger partial charge in [0.05, 0.1) is 24.8 Å². The van der Waals surface area contributed by atoms with Gasteiger partial charge in [-0.15, -0.1) is 0 Å². The molecule has 0 saturated heterocycles. The van der Waals surface area contributed by atoms with Gasteiger partial charge in [0.15, 0.2) is 5.76 Å². The molecule has 0 aliphatic carbocycles. The highest BCUT2D eigenvalue weighted by atomic mass is 35.5. The Labute approximate surface area is 219 Å². The number of aromatic nitrogens is 1. The summed E-state index contributed by atoms with van der Waals surface area (Å²) in [5.41, 5.74) is 4.14. The maximum Gasteiger partial charge on any atom is 0.337 e. The fourth-order valence-corrected chi connectivity index (χ4v) is 4.11. The average molecular weight is 520 g/mol. The Kier molecular flexibility index (Phi) is 8.25. The third kappa shape index (κ3) is 6.37. The van der Waals surface area contributed by atoms with Gasteiger partial charge < -0.3 is 18.7 Å². The van der Waals surface area contributed by atoms with Crippen LogP contribution in [0, 0.1) is 6.92 Å². The Morgan fingerprint density at radius 2 is 1.78 bits per heavy atom. The molecule has 0 N–H and O–H groups in total. The number of benzene rings is 3. The van der Waals surface area contributed by atoms with Crippen LogP contribution in [0.1, 0.15) is 45.8 Å². The lowest BCUT2D eigenvalue weighted by Gasteiger charge is -2.15. The van der Waals surface area contributed by atoms with Gasteiger partial charge in [-0.05, 0) is 43.7 Å². The minimum absolute atomic E-state index is 0.0147. The van der Waals surface area contributed by atoms with Crippen molar-refractivity contribution >= 4 is 23.5 Å². The lowest BCUT2D eigenvalue weighted by atomic mass is 10.0. The number of nitrogens with zero attached hydrogens (tertiary/aromatic N) is 1. The van der Waals surface area contributed by atoms with Crippen LogP contribution in [0.2, 0.25) is 5.02 Å². The van der Waals surface area contributed by atoms with Crippen molar-refractivity contribution in [3.8, 4) is 17.1 Å². The summed E-state index contributed by atoms with van der Waals surface area (Å²) in [4.78, 5) is 24.4. The highest BCUT2D eigenvalue weighted by Crippen LogP contribution is 2.29. The van der Waals surface area contributed by atoms with Gasteiger partial charge in [0, 0.05) is 21.7 Å². The third-order valence-corrected chi connectivity index (χ3v) is 6.18. The fourth-order valence-electron chi connectivity index (χ4n) is 3.82. The monoisotopic (exact) mass is 519 g/mol. The maximum absolute atomic E-state index is 12.7. The Balaban J connectivity index is 1.41. The quantitative estimate of drug-likeness (QED) is 0.233. The number of aryl methyl sites for hydroxylation is 1. The number of rotatable bonds is 9. The van der Waals surface area contributed by atoms with Crippen molar-refractivity contribution in [2.24, 2.45) is 0 Å². The van der Waals surface area contributed by atoms with E-state index in [2.05, 4.69) is 5.16 Å². The van der Waals surface area contributed by atoms with Crippen LogP contribution in [0.5, 0.6) is 5.75 Å². The number of ether oxygens (including phenoxy) is 3.